The molecule has 2 amide bonds. The Hall–Kier alpha value is -3.84. The molecule has 3 aromatic rings. The van der Waals surface area contributed by atoms with Gasteiger partial charge in [0.1, 0.15) is 11.6 Å². The molecule has 0 saturated carbocycles. The molecule has 0 aliphatic carbocycles. The molecule has 0 aliphatic rings. The van der Waals surface area contributed by atoms with Gasteiger partial charge in [0.05, 0.1) is 12.1 Å². The molecule has 8 heteroatoms. The van der Waals surface area contributed by atoms with Gasteiger partial charge in [-0.05, 0) is 36.2 Å². The van der Waals surface area contributed by atoms with Crippen LogP contribution < -0.4 is 16.4 Å². The largest absolute Gasteiger partial charge is 0.505 e. The van der Waals surface area contributed by atoms with E-state index in [2.05, 4.69) is 10.6 Å². The standard InChI is InChI=1S/C24H24N4O3.ClH/c1-15-7-12-20(28-24(31)18-5-3-2-4-6-18)22(30)19(15)13-21(29)27-14-16-8-10-17(11-9-16)23(25)26;/h2-12,30H,13-14H2,1H3,(H3,25,26)(H,27,29)(H,28,31);1H. The van der Waals surface area contributed by atoms with Crippen molar-refractivity contribution in [3.63, 3.8) is 0 Å². The Balaban J connectivity index is 0.00000363. The minimum atomic E-state index is -0.343. The van der Waals surface area contributed by atoms with Gasteiger partial charge in [-0.15, -0.1) is 12.4 Å². The number of carbonyl (C=O) groups is 2. The number of halogens is 1. The topological polar surface area (TPSA) is 128 Å². The van der Waals surface area contributed by atoms with Crippen LogP contribution in [0.5, 0.6) is 5.75 Å². The van der Waals surface area contributed by atoms with Crippen molar-refractivity contribution >= 4 is 35.7 Å². The summed E-state index contributed by atoms with van der Waals surface area (Å²) in [6.45, 7) is 2.10. The average molecular weight is 453 g/mol. The molecule has 0 aliphatic heterocycles. The van der Waals surface area contributed by atoms with Crippen LogP contribution in [0.25, 0.3) is 0 Å². The second-order valence-corrected chi connectivity index (χ2v) is 7.14. The number of nitrogens with two attached hydrogens (primary N) is 1. The number of amides is 2. The third-order valence-corrected chi connectivity index (χ3v) is 4.89. The molecule has 166 valence electrons. The van der Waals surface area contributed by atoms with Crippen LogP contribution >= 0.6 is 12.4 Å². The maximum Gasteiger partial charge on any atom is 0.255 e. The van der Waals surface area contributed by atoms with Crippen molar-refractivity contribution in [1.29, 1.82) is 5.41 Å². The van der Waals surface area contributed by atoms with E-state index in [1.54, 1.807) is 67.6 Å². The van der Waals surface area contributed by atoms with Gasteiger partial charge < -0.3 is 21.5 Å². The predicted octanol–water partition coefficient (Wildman–Crippen LogP) is 3.52. The highest BCUT2D eigenvalue weighted by atomic mass is 35.5. The van der Waals surface area contributed by atoms with Crippen LogP contribution in [0.15, 0.2) is 66.7 Å². The molecule has 0 bridgehead atoms. The Morgan fingerprint density at radius 3 is 2.25 bits per heavy atom. The third kappa shape index (κ3) is 6.09. The second kappa shape index (κ2) is 11.0. The highest BCUT2D eigenvalue weighted by molar-refractivity contribution is 6.05. The minimum absolute atomic E-state index is 0. The Morgan fingerprint density at radius 2 is 1.62 bits per heavy atom. The van der Waals surface area contributed by atoms with Crippen molar-refractivity contribution < 1.29 is 14.7 Å². The molecule has 3 rings (SSSR count). The van der Waals surface area contributed by atoms with Crippen molar-refractivity contribution in [2.24, 2.45) is 5.73 Å². The molecular weight excluding hydrogens is 428 g/mol. The first kappa shape index (κ1) is 24.4. The highest BCUT2D eigenvalue weighted by Gasteiger charge is 2.16. The molecule has 7 nitrogen and oxygen atoms in total. The van der Waals surface area contributed by atoms with Crippen molar-refractivity contribution in [2.75, 3.05) is 5.32 Å². The zero-order valence-electron chi connectivity index (χ0n) is 17.5. The monoisotopic (exact) mass is 452 g/mol. The van der Waals surface area contributed by atoms with Crippen LogP contribution in [-0.2, 0) is 17.8 Å². The number of hydrogen-bond donors (Lipinski definition) is 5. The van der Waals surface area contributed by atoms with E-state index in [1.165, 1.54) is 0 Å². The highest BCUT2D eigenvalue weighted by Crippen LogP contribution is 2.31. The van der Waals surface area contributed by atoms with E-state index < -0.39 is 0 Å². The van der Waals surface area contributed by atoms with E-state index in [-0.39, 0.29) is 47.9 Å². The van der Waals surface area contributed by atoms with Crippen LogP contribution in [0.4, 0.5) is 5.69 Å². The van der Waals surface area contributed by atoms with Crippen molar-refractivity contribution in [1.82, 2.24) is 5.32 Å². The van der Waals surface area contributed by atoms with Gasteiger partial charge in [0.2, 0.25) is 5.91 Å². The molecule has 32 heavy (non-hydrogen) atoms. The number of rotatable bonds is 7. The summed E-state index contributed by atoms with van der Waals surface area (Å²) in [5, 5.41) is 23.6. The molecule has 0 unspecified atom stereocenters. The van der Waals surface area contributed by atoms with E-state index in [0.29, 0.717) is 23.2 Å². The minimum Gasteiger partial charge on any atom is -0.505 e. The number of carbonyl (C=O) groups excluding carboxylic acids is 2. The van der Waals surface area contributed by atoms with Gasteiger partial charge in [0.25, 0.3) is 5.91 Å². The quantitative estimate of drug-likeness (QED) is 0.213. The van der Waals surface area contributed by atoms with Crippen LogP contribution in [0.1, 0.15) is 32.6 Å². The number of phenolic OH excluding ortho intramolecular Hbond substituents is 1. The number of nitrogen functional groups attached to an aromatic ring is 1. The van der Waals surface area contributed by atoms with Crippen LogP contribution in [0, 0.1) is 12.3 Å². The van der Waals surface area contributed by atoms with Gasteiger partial charge in [-0.2, -0.15) is 0 Å². The summed E-state index contributed by atoms with van der Waals surface area (Å²) in [7, 11) is 0. The molecule has 0 saturated heterocycles. The maximum atomic E-state index is 12.5. The number of amidine groups is 1. The predicted molar refractivity (Wildman–Crippen MR) is 127 cm³/mol. The molecule has 0 spiro atoms. The van der Waals surface area contributed by atoms with E-state index in [0.717, 1.165) is 11.1 Å². The Bertz CT molecular complexity index is 1120. The molecule has 0 atom stereocenters. The van der Waals surface area contributed by atoms with Crippen LogP contribution in [-0.4, -0.2) is 22.8 Å². The fourth-order valence-electron chi connectivity index (χ4n) is 3.07. The molecule has 0 fully saturated rings. The SMILES string of the molecule is Cc1ccc(NC(=O)c2ccccc2)c(O)c1CC(=O)NCc1ccc(C(=N)N)cc1.Cl. The van der Waals surface area contributed by atoms with Gasteiger partial charge in [-0.25, -0.2) is 0 Å². The summed E-state index contributed by atoms with van der Waals surface area (Å²) in [6.07, 6.45) is -0.0295. The number of nitrogens with one attached hydrogen (secondary N) is 3. The van der Waals surface area contributed by atoms with Crippen molar-refractivity contribution in [3.8, 4) is 5.75 Å². The number of aromatic hydroxyl groups is 1. The van der Waals surface area contributed by atoms with Crippen LogP contribution in [0.2, 0.25) is 0 Å². The fourth-order valence-corrected chi connectivity index (χ4v) is 3.07. The summed E-state index contributed by atoms with van der Waals surface area (Å²) >= 11 is 0. The molecule has 0 heterocycles. The van der Waals surface area contributed by atoms with Gasteiger partial charge in [-0.3, -0.25) is 15.0 Å². The number of anilines is 1. The lowest BCUT2D eigenvalue weighted by molar-refractivity contribution is -0.120. The normalized spacial score (nSPS) is 10.0. The first-order valence-corrected chi connectivity index (χ1v) is 9.73. The lowest BCUT2D eigenvalue weighted by Gasteiger charge is -2.14. The Morgan fingerprint density at radius 1 is 0.969 bits per heavy atom. The first-order chi connectivity index (χ1) is 14.8. The Labute approximate surface area is 192 Å². The summed E-state index contributed by atoms with van der Waals surface area (Å²) in [5.74, 6) is -0.740. The zero-order valence-corrected chi connectivity index (χ0v) is 18.3. The number of hydrogen-bond acceptors (Lipinski definition) is 4. The average Bonchev–Trinajstić information content (AvgIpc) is 2.78. The van der Waals surface area contributed by atoms with Crippen molar-refractivity contribution in [3.05, 3.63) is 94.5 Å². The summed E-state index contributed by atoms with van der Waals surface area (Å²) in [5.41, 5.74) is 8.84. The summed E-state index contributed by atoms with van der Waals surface area (Å²) in [4.78, 5) is 24.8. The number of aryl methyl sites for hydroxylation is 1. The summed E-state index contributed by atoms with van der Waals surface area (Å²) < 4.78 is 0. The van der Waals surface area contributed by atoms with Crippen molar-refractivity contribution in [2.45, 2.75) is 19.9 Å². The lowest BCUT2D eigenvalue weighted by Crippen LogP contribution is -2.25. The first-order valence-electron chi connectivity index (χ1n) is 9.73. The molecule has 6 N–H and O–H groups in total. The molecule has 3 aromatic carbocycles. The maximum absolute atomic E-state index is 12.5. The third-order valence-electron chi connectivity index (χ3n) is 4.89. The second-order valence-electron chi connectivity index (χ2n) is 7.14. The van der Waals surface area contributed by atoms with Gasteiger partial charge in [0.15, 0.2) is 0 Å². The fraction of sp³-hybridized carbons (Fsp3) is 0.125. The number of benzene rings is 3. The van der Waals surface area contributed by atoms with E-state index in [9.17, 15) is 14.7 Å². The van der Waals surface area contributed by atoms with E-state index in [1.807, 2.05) is 6.07 Å². The van der Waals surface area contributed by atoms with Crippen LogP contribution in [0.3, 0.4) is 0 Å². The lowest BCUT2D eigenvalue weighted by atomic mass is 10.0. The zero-order chi connectivity index (χ0) is 22.4. The molecular formula is C24H25ClN4O3. The Kier molecular flexibility index (Phi) is 8.38. The molecule has 0 aromatic heterocycles. The smallest absolute Gasteiger partial charge is 0.255 e. The summed E-state index contributed by atoms with van der Waals surface area (Å²) in [6, 6.07) is 19.1. The van der Waals surface area contributed by atoms with Gasteiger partial charge in [0, 0.05) is 23.2 Å². The number of phenols is 1. The molecule has 0 radical (unpaired) electrons. The van der Waals surface area contributed by atoms with Gasteiger partial charge >= 0.3 is 0 Å². The van der Waals surface area contributed by atoms with E-state index in [4.69, 9.17) is 11.1 Å². The van der Waals surface area contributed by atoms with E-state index >= 15 is 0 Å². The van der Waals surface area contributed by atoms with Gasteiger partial charge in [-0.1, -0.05) is 48.5 Å².